The van der Waals surface area contributed by atoms with Crippen LogP contribution in [0.25, 0.3) is 11.6 Å². The van der Waals surface area contributed by atoms with E-state index in [1.165, 1.54) is 30.7 Å². The van der Waals surface area contributed by atoms with Crippen LogP contribution in [0.5, 0.6) is 0 Å². The van der Waals surface area contributed by atoms with Crippen LogP contribution in [0.4, 0.5) is 10.1 Å². The molecule has 0 spiro atoms. The third-order valence-electron chi connectivity index (χ3n) is 3.03. The lowest BCUT2D eigenvalue weighted by Crippen LogP contribution is -2.15. The fourth-order valence-corrected chi connectivity index (χ4v) is 1.90. The number of halogens is 1. The molecule has 0 fully saturated rings. The van der Waals surface area contributed by atoms with Gasteiger partial charge in [0.25, 0.3) is 5.89 Å². The van der Waals surface area contributed by atoms with Gasteiger partial charge >= 0.3 is 0 Å². The number of nitrogens with zero attached hydrogens (tertiary/aromatic N) is 4. The van der Waals surface area contributed by atoms with E-state index in [9.17, 15) is 9.18 Å². The van der Waals surface area contributed by atoms with Crippen LogP contribution in [0.15, 0.2) is 41.2 Å². The average molecular weight is 313 g/mol. The summed E-state index contributed by atoms with van der Waals surface area (Å²) in [6, 6.07) is 4.17. The van der Waals surface area contributed by atoms with Gasteiger partial charge in [0.15, 0.2) is 0 Å². The summed E-state index contributed by atoms with van der Waals surface area (Å²) >= 11 is 0. The summed E-state index contributed by atoms with van der Waals surface area (Å²) in [5.41, 5.74) is 1.59. The van der Waals surface area contributed by atoms with E-state index in [1.54, 1.807) is 13.0 Å². The van der Waals surface area contributed by atoms with Crippen molar-refractivity contribution < 1.29 is 13.6 Å². The highest BCUT2D eigenvalue weighted by molar-refractivity contribution is 5.92. The van der Waals surface area contributed by atoms with Crippen molar-refractivity contribution in [2.75, 3.05) is 5.32 Å². The lowest BCUT2D eigenvalue weighted by atomic mass is 10.2. The number of benzene rings is 1. The van der Waals surface area contributed by atoms with Gasteiger partial charge in [-0.25, -0.2) is 9.37 Å². The first-order valence-corrected chi connectivity index (χ1v) is 6.76. The van der Waals surface area contributed by atoms with Gasteiger partial charge in [0.1, 0.15) is 17.9 Å². The van der Waals surface area contributed by atoms with Gasteiger partial charge in [0.05, 0.1) is 6.20 Å². The zero-order valence-electron chi connectivity index (χ0n) is 12.2. The smallest absolute Gasteiger partial charge is 0.267 e. The number of carbonyl (C=O) groups is 1. The Morgan fingerprint density at radius 3 is 2.96 bits per heavy atom. The average Bonchev–Trinajstić information content (AvgIpc) is 3.00. The van der Waals surface area contributed by atoms with E-state index >= 15 is 0 Å². The van der Waals surface area contributed by atoms with Crippen LogP contribution in [0, 0.1) is 12.7 Å². The Morgan fingerprint density at radius 1 is 1.30 bits per heavy atom. The number of rotatable bonds is 4. The second kappa shape index (κ2) is 6.30. The first-order chi connectivity index (χ1) is 11.1. The van der Waals surface area contributed by atoms with Crippen molar-refractivity contribution in [1.29, 1.82) is 0 Å². The molecule has 1 N–H and O–H groups in total. The maximum atomic E-state index is 13.2. The van der Waals surface area contributed by atoms with E-state index in [0.29, 0.717) is 11.4 Å². The quantitative estimate of drug-likeness (QED) is 0.793. The third kappa shape index (κ3) is 3.54. The Kier molecular flexibility index (Phi) is 4.05. The zero-order valence-corrected chi connectivity index (χ0v) is 12.2. The summed E-state index contributed by atoms with van der Waals surface area (Å²) in [6.07, 6.45) is 4.38. The van der Waals surface area contributed by atoms with Crippen molar-refractivity contribution in [3.05, 3.63) is 54.1 Å². The Balaban J connectivity index is 1.69. The second-order valence-electron chi connectivity index (χ2n) is 4.78. The van der Waals surface area contributed by atoms with Crippen molar-refractivity contribution in [3.8, 4) is 11.6 Å². The van der Waals surface area contributed by atoms with E-state index in [1.807, 2.05) is 0 Å². The van der Waals surface area contributed by atoms with Crippen molar-refractivity contribution >= 4 is 11.6 Å². The van der Waals surface area contributed by atoms with E-state index in [0.717, 1.165) is 5.56 Å². The van der Waals surface area contributed by atoms with Crippen LogP contribution in [0.3, 0.4) is 0 Å². The minimum atomic E-state index is -0.423. The topological polar surface area (TPSA) is 93.8 Å². The largest absolute Gasteiger partial charge is 0.419 e. The molecule has 0 radical (unpaired) electrons. The number of hydrogen-bond donors (Lipinski definition) is 1. The van der Waals surface area contributed by atoms with Crippen LogP contribution in [-0.4, -0.2) is 26.1 Å². The molecule has 3 rings (SSSR count). The van der Waals surface area contributed by atoms with Crippen LogP contribution in [0.1, 0.15) is 11.5 Å². The van der Waals surface area contributed by atoms with Crippen molar-refractivity contribution in [2.45, 2.75) is 13.3 Å². The standard InChI is InChI=1S/C15H12FN5O2/c1-9-2-3-10(16)6-11(9)19-13(22)7-14-20-21-15(23-14)12-8-17-4-5-18-12/h2-6,8H,7H2,1H3,(H,19,22). The van der Waals surface area contributed by atoms with E-state index < -0.39 is 5.82 Å². The summed E-state index contributed by atoms with van der Waals surface area (Å²) in [7, 11) is 0. The molecular weight excluding hydrogens is 301 g/mol. The molecule has 0 bridgehead atoms. The number of aryl methyl sites for hydroxylation is 1. The van der Waals surface area contributed by atoms with Gasteiger partial charge in [0, 0.05) is 18.1 Å². The predicted octanol–water partition coefficient (Wildman–Crippen LogP) is 2.16. The lowest BCUT2D eigenvalue weighted by molar-refractivity contribution is -0.115. The molecule has 7 nitrogen and oxygen atoms in total. The molecule has 1 amide bonds. The van der Waals surface area contributed by atoms with E-state index in [4.69, 9.17) is 4.42 Å². The zero-order chi connectivity index (χ0) is 16.2. The lowest BCUT2D eigenvalue weighted by Gasteiger charge is -2.07. The number of hydrogen-bond acceptors (Lipinski definition) is 6. The first kappa shape index (κ1) is 14.8. The first-order valence-electron chi connectivity index (χ1n) is 6.76. The molecule has 23 heavy (non-hydrogen) atoms. The van der Waals surface area contributed by atoms with Gasteiger partial charge in [-0.3, -0.25) is 9.78 Å². The number of nitrogens with one attached hydrogen (secondary N) is 1. The monoisotopic (exact) mass is 313 g/mol. The van der Waals surface area contributed by atoms with Gasteiger partial charge < -0.3 is 9.73 Å². The minimum absolute atomic E-state index is 0.122. The normalized spacial score (nSPS) is 10.5. The summed E-state index contributed by atoms with van der Waals surface area (Å²) in [5, 5.41) is 10.2. The third-order valence-corrected chi connectivity index (χ3v) is 3.03. The van der Waals surface area contributed by atoms with Crippen molar-refractivity contribution in [2.24, 2.45) is 0 Å². The molecule has 0 aliphatic rings. The van der Waals surface area contributed by atoms with E-state index in [2.05, 4.69) is 25.5 Å². The van der Waals surface area contributed by atoms with Gasteiger partial charge in [-0.05, 0) is 24.6 Å². The molecule has 0 saturated carbocycles. The molecule has 0 aliphatic carbocycles. The van der Waals surface area contributed by atoms with Crippen LogP contribution >= 0.6 is 0 Å². The summed E-state index contributed by atoms with van der Waals surface area (Å²) in [5.74, 6) is -0.485. The summed E-state index contributed by atoms with van der Waals surface area (Å²) in [6.45, 7) is 1.77. The molecule has 116 valence electrons. The van der Waals surface area contributed by atoms with Crippen molar-refractivity contribution in [1.82, 2.24) is 20.2 Å². The maximum absolute atomic E-state index is 13.2. The number of amides is 1. The minimum Gasteiger partial charge on any atom is -0.419 e. The molecule has 0 aliphatic heterocycles. The molecule has 2 heterocycles. The molecule has 0 unspecified atom stereocenters. The summed E-state index contributed by atoms with van der Waals surface area (Å²) < 4.78 is 18.6. The molecule has 0 saturated heterocycles. The number of aromatic nitrogens is 4. The van der Waals surface area contributed by atoms with Gasteiger partial charge in [0.2, 0.25) is 11.8 Å². The second-order valence-corrected chi connectivity index (χ2v) is 4.78. The molecule has 0 atom stereocenters. The molecule has 3 aromatic rings. The van der Waals surface area contributed by atoms with Crippen molar-refractivity contribution in [3.63, 3.8) is 0 Å². The summed E-state index contributed by atoms with van der Waals surface area (Å²) in [4.78, 5) is 19.9. The van der Waals surface area contributed by atoms with Gasteiger partial charge in [-0.2, -0.15) is 0 Å². The molecule has 8 heteroatoms. The van der Waals surface area contributed by atoms with Gasteiger partial charge in [-0.1, -0.05) is 6.07 Å². The molecular formula is C15H12FN5O2. The van der Waals surface area contributed by atoms with Crippen LogP contribution in [-0.2, 0) is 11.2 Å². The van der Waals surface area contributed by atoms with Crippen LogP contribution < -0.4 is 5.32 Å². The Bertz CT molecular complexity index is 835. The van der Waals surface area contributed by atoms with Gasteiger partial charge in [-0.15, -0.1) is 10.2 Å². The highest BCUT2D eigenvalue weighted by Crippen LogP contribution is 2.17. The Labute approximate surface area is 130 Å². The molecule has 1 aromatic carbocycles. The SMILES string of the molecule is Cc1ccc(F)cc1NC(=O)Cc1nnc(-c2cnccn2)o1. The molecule has 2 aromatic heterocycles. The van der Waals surface area contributed by atoms with Crippen LogP contribution in [0.2, 0.25) is 0 Å². The Hall–Kier alpha value is -3.16. The predicted molar refractivity (Wildman–Crippen MR) is 78.8 cm³/mol. The van der Waals surface area contributed by atoms with E-state index in [-0.39, 0.29) is 24.1 Å². The number of anilines is 1. The Morgan fingerprint density at radius 2 is 2.17 bits per heavy atom. The number of carbonyl (C=O) groups excluding carboxylic acids is 1. The fourth-order valence-electron chi connectivity index (χ4n) is 1.90. The highest BCUT2D eigenvalue weighted by Gasteiger charge is 2.14. The fraction of sp³-hybridized carbons (Fsp3) is 0.133. The highest BCUT2D eigenvalue weighted by atomic mass is 19.1. The maximum Gasteiger partial charge on any atom is 0.267 e.